The van der Waals surface area contributed by atoms with Crippen molar-refractivity contribution in [2.45, 2.75) is 57.7 Å². The maximum Gasteiger partial charge on any atom is 0.407 e. The summed E-state index contributed by atoms with van der Waals surface area (Å²) in [6, 6.07) is 3.57. The van der Waals surface area contributed by atoms with Crippen molar-refractivity contribution in [3.8, 4) is 0 Å². The highest BCUT2D eigenvalue weighted by molar-refractivity contribution is 5.67. The van der Waals surface area contributed by atoms with Gasteiger partial charge in [0.2, 0.25) is 0 Å². The van der Waals surface area contributed by atoms with E-state index in [9.17, 15) is 23.1 Å². The molecule has 1 saturated carbocycles. The molecule has 1 aliphatic heterocycles. The highest BCUT2D eigenvalue weighted by Crippen LogP contribution is 2.49. The van der Waals surface area contributed by atoms with Crippen LogP contribution in [-0.4, -0.2) is 39.8 Å². The zero-order valence-corrected chi connectivity index (χ0v) is 14.5. The number of pyridine rings is 1. The van der Waals surface area contributed by atoms with Crippen LogP contribution < -0.4 is 0 Å². The number of hydrogen-bond donors (Lipinski definition) is 1. The smallest absolute Gasteiger partial charge is 0.407 e. The van der Waals surface area contributed by atoms with Crippen molar-refractivity contribution in [1.82, 2.24) is 9.88 Å². The summed E-state index contributed by atoms with van der Waals surface area (Å²) in [4.78, 5) is 17.2. The van der Waals surface area contributed by atoms with Crippen LogP contribution in [0.2, 0.25) is 0 Å². The van der Waals surface area contributed by atoms with Crippen LogP contribution in [0.15, 0.2) is 18.3 Å². The van der Waals surface area contributed by atoms with Gasteiger partial charge in [-0.1, -0.05) is 26.8 Å². The Morgan fingerprint density at radius 3 is 2.32 bits per heavy atom. The molecule has 1 amide bonds. The number of alkyl halides is 3. The molecule has 0 aromatic carbocycles. The van der Waals surface area contributed by atoms with Crippen LogP contribution in [0.25, 0.3) is 0 Å². The molecule has 1 aliphatic carbocycles. The third-order valence-corrected chi connectivity index (χ3v) is 5.50. The minimum absolute atomic E-state index is 0.0713. The number of carbonyl (C=O) groups is 1. The molecule has 138 valence electrons. The Balaban J connectivity index is 1.68. The molecular formula is C18H23F3N2O2. The summed E-state index contributed by atoms with van der Waals surface area (Å²) in [5, 5.41) is 9.30. The topological polar surface area (TPSA) is 53.4 Å². The first-order chi connectivity index (χ1) is 11.5. The summed E-state index contributed by atoms with van der Waals surface area (Å²) in [6.07, 6.45) is -3.11. The first kappa shape index (κ1) is 18.0. The predicted octanol–water partition coefficient (Wildman–Crippen LogP) is 4.63. The fourth-order valence-electron chi connectivity index (χ4n) is 4.06. The monoisotopic (exact) mass is 356 g/mol. The van der Waals surface area contributed by atoms with Gasteiger partial charge >= 0.3 is 12.3 Å². The van der Waals surface area contributed by atoms with Crippen molar-refractivity contribution in [1.29, 1.82) is 0 Å². The van der Waals surface area contributed by atoms with Crippen LogP contribution in [-0.2, 0) is 0 Å². The van der Waals surface area contributed by atoms with Crippen molar-refractivity contribution in [3.05, 3.63) is 29.6 Å². The van der Waals surface area contributed by atoms with Gasteiger partial charge in [0, 0.05) is 36.3 Å². The van der Waals surface area contributed by atoms with Gasteiger partial charge in [-0.15, -0.1) is 0 Å². The number of amides is 1. The van der Waals surface area contributed by atoms with E-state index in [1.165, 1.54) is 4.90 Å². The van der Waals surface area contributed by atoms with Gasteiger partial charge in [0.1, 0.15) is 0 Å². The molecule has 1 saturated heterocycles. The lowest BCUT2D eigenvalue weighted by Crippen LogP contribution is -2.62. The zero-order chi connectivity index (χ0) is 18.6. The molecular weight excluding hydrogens is 333 g/mol. The summed E-state index contributed by atoms with van der Waals surface area (Å²) in [7, 11) is 0. The molecule has 1 aromatic heterocycles. The van der Waals surface area contributed by atoms with Crippen LogP contribution in [0.1, 0.15) is 56.7 Å². The second-order valence-electron chi connectivity index (χ2n) is 8.28. The number of nitrogens with zero attached hydrogens (tertiary/aromatic N) is 2. The van der Waals surface area contributed by atoms with E-state index in [2.05, 4.69) is 4.98 Å². The van der Waals surface area contributed by atoms with E-state index in [1.54, 1.807) is 12.3 Å². The summed E-state index contributed by atoms with van der Waals surface area (Å²) >= 11 is 0. The molecule has 7 heteroatoms. The van der Waals surface area contributed by atoms with Gasteiger partial charge in [-0.25, -0.2) is 4.79 Å². The van der Waals surface area contributed by atoms with Crippen molar-refractivity contribution in [3.63, 3.8) is 0 Å². The largest absolute Gasteiger partial charge is 0.465 e. The first-order valence-corrected chi connectivity index (χ1v) is 8.50. The Hall–Kier alpha value is -1.79. The van der Waals surface area contributed by atoms with Crippen molar-refractivity contribution in [2.24, 2.45) is 11.3 Å². The summed E-state index contributed by atoms with van der Waals surface area (Å²) in [5.41, 5.74) is 1.45. The average molecular weight is 356 g/mol. The predicted molar refractivity (Wildman–Crippen MR) is 86.5 cm³/mol. The van der Waals surface area contributed by atoms with Gasteiger partial charge in [-0.05, 0) is 29.9 Å². The number of hydrogen-bond acceptors (Lipinski definition) is 2. The van der Waals surface area contributed by atoms with Crippen molar-refractivity contribution in [2.75, 3.05) is 6.54 Å². The van der Waals surface area contributed by atoms with Gasteiger partial charge in [-0.3, -0.25) is 4.98 Å². The third kappa shape index (κ3) is 3.33. The minimum Gasteiger partial charge on any atom is -0.465 e. The maximum atomic E-state index is 12.6. The Kier molecular flexibility index (Phi) is 4.24. The molecule has 25 heavy (non-hydrogen) atoms. The summed E-state index contributed by atoms with van der Waals surface area (Å²) in [5.74, 6) is -1.27. The first-order valence-electron chi connectivity index (χ1n) is 8.50. The van der Waals surface area contributed by atoms with Gasteiger partial charge < -0.3 is 10.0 Å². The summed E-state index contributed by atoms with van der Waals surface area (Å²) in [6.45, 7) is 6.45. The fourth-order valence-corrected chi connectivity index (χ4v) is 4.06. The van der Waals surface area contributed by atoms with E-state index in [-0.39, 0.29) is 36.1 Å². The zero-order valence-electron chi connectivity index (χ0n) is 14.5. The lowest BCUT2D eigenvalue weighted by molar-refractivity contribution is -0.197. The maximum absolute atomic E-state index is 12.6. The van der Waals surface area contributed by atoms with E-state index in [4.69, 9.17) is 0 Å². The standard InChI is InChI=1S/C18H23F3N2O2/c1-17(2,3)15-13(9-23(15)16(24)25)10-4-5-14(22-8-10)11-6-12(7-11)18(19,20)21/h4-5,8,11-13,15H,6-7,9H2,1-3H3,(H,24,25)/t11?,12?,13-,15+/m0/s1. The summed E-state index contributed by atoms with van der Waals surface area (Å²) < 4.78 is 37.8. The number of aromatic nitrogens is 1. The Morgan fingerprint density at radius 1 is 1.24 bits per heavy atom. The van der Waals surface area contributed by atoms with Gasteiger partial charge in [0.15, 0.2) is 0 Å². The van der Waals surface area contributed by atoms with Gasteiger partial charge in [0.25, 0.3) is 0 Å². The average Bonchev–Trinajstić information content (AvgIpc) is 2.33. The minimum atomic E-state index is -4.11. The third-order valence-electron chi connectivity index (χ3n) is 5.50. The molecule has 0 bridgehead atoms. The number of likely N-dealkylation sites (tertiary alicyclic amines) is 1. The van der Waals surface area contributed by atoms with Gasteiger partial charge in [-0.2, -0.15) is 13.2 Å². The molecule has 2 fully saturated rings. The molecule has 2 atom stereocenters. The Morgan fingerprint density at radius 2 is 1.88 bits per heavy atom. The van der Waals surface area contributed by atoms with E-state index in [0.717, 1.165) is 5.56 Å². The number of rotatable bonds is 2. The van der Waals surface area contributed by atoms with Crippen LogP contribution >= 0.6 is 0 Å². The molecule has 3 rings (SSSR count). The molecule has 1 aromatic rings. The fraction of sp³-hybridized carbons (Fsp3) is 0.667. The van der Waals surface area contributed by atoms with Crippen LogP contribution in [0.4, 0.5) is 18.0 Å². The van der Waals surface area contributed by atoms with Crippen molar-refractivity contribution < 1.29 is 23.1 Å². The van der Waals surface area contributed by atoms with Crippen molar-refractivity contribution >= 4 is 6.09 Å². The molecule has 4 nitrogen and oxygen atoms in total. The van der Waals surface area contributed by atoms with E-state index in [0.29, 0.717) is 12.2 Å². The lowest BCUT2D eigenvalue weighted by atomic mass is 9.69. The van der Waals surface area contributed by atoms with Gasteiger partial charge in [0.05, 0.1) is 5.92 Å². The van der Waals surface area contributed by atoms with E-state index >= 15 is 0 Å². The second-order valence-corrected chi connectivity index (χ2v) is 8.28. The van der Waals surface area contributed by atoms with E-state index in [1.807, 2.05) is 26.8 Å². The van der Waals surface area contributed by atoms with Crippen LogP contribution in [0.3, 0.4) is 0 Å². The normalized spacial score (nSPS) is 29.8. The SMILES string of the molecule is CC(C)(C)[C@H]1[C@H](c2ccc(C3CC(C(F)(F)F)C3)nc2)CN1C(=O)O. The quantitative estimate of drug-likeness (QED) is 0.841. The number of halogens is 3. The van der Waals surface area contributed by atoms with E-state index < -0.39 is 18.2 Å². The second kappa shape index (κ2) is 5.88. The highest BCUT2D eigenvalue weighted by atomic mass is 19.4. The lowest BCUT2D eigenvalue weighted by Gasteiger charge is -2.53. The Labute approximate surface area is 145 Å². The van der Waals surface area contributed by atoms with Crippen LogP contribution in [0.5, 0.6) is 0 Å². The molecule has 0 unspecified atom stereocenters. The molecule has 2 heterocycles. The molecule has 0 radical (unpaired) electrons. The highest BCUT2D eigenvalue weighted by Gasteiger charge is 2.50. The molecule has 2 aliphatic rings. The number of carboxylic acid groups (broad SMARTS) is 1. The Bertz CT molecular complexity index is 646. The molecule has 0 spiro atoms. The molecule has 1 N–H and O–H groups in total. The van der Waals surface area contributed by atoms with Crippen LogP contribution in [0, 0.1) is 11.3 Å².